The number of nitriles is 1. The van der Waals surface area contributed by atoms with Crippen LogP contribution in [0.1, 0.15) is 17.0 Å². The van der Waals surface area contributed by atoms with E-state index in [0.717, 1.165) is 16.2 Å². The van der Waals surface area contributed by atoms with Crippen LogP contribution in [0.3, 0.4) is 0 Å². The van der Waals surface area contributed by atoms with Crippen molar-refractivity contribution in [3.63, 3.8) is 0 Å². The number of hydrogen-bond donors (Lipinski definition) is 0. The fraction of sp³-hybridized carbons (Fsp3) is 0.125. The molecule has 114 valence electrons. The Balaban J connectivity index is 1.93. The van der Waals surface area contributed by atoms with E-state index in [1.807, 2.05) is 25.1 Å². The number of benzene rings is 1. The van der Waals surface area contributed by atoms with Gasteiger partial charge >= 0.3 is 0 Å². The summed E-state index contributed by atoms with van der Waals surface area (Å²) in [5, 5.41) is 18.3. The number of rotatable bonds is 3. The number of aryl methyl sites for hydroxylation is 2. The summed E-state index contributed by atoms with van der Waals surface area (Å²) in [6, 6.07) is 11.2. The molecule has 0 aliphatic heterocycles. The van der Waals surface area contributed by atoms with E-state index >= 15 is 0 Å². The molecule has 0 saturated carbocycles. The molecule has 0 N–H and O–H groups in total. The lowest BCUT2D eigenvalue weighted by Gasteiger charge is -2.04. The first-order valence-electron chi connectivity index (χ1n) is 6.72. The van der Waals surface area contributed by atoms with Crippen molar-refractivity contribution in [2.45, 2.75) is 24.0 Å². The lowest BCUT2D eigenvalue weighted by Crippen LogP contribution is -1.94. The lowest BCUT2D eigenvalue weighted by molar-refractivity contribution is 0.466. The minimum atomic E-state index is 0.362. The van der Waals surface area contributed by atoms with Gasteiger partial charge in [0.2, 0.25) is 5.89 Å². The maximum atomic E-state index is 9.30. The van der Waals surface area contributed by atoms with E-state index in [9.17, 15) is 5.26 Å². The van der Waals surface area contributed by atoms with Gasteiger partial charge in [-0.15, -0.1) is 10.2 Å². The second-order valence-electron chi connectivity index (χ2n) is 4.82. The van der Waals surface area contributed by atoms with Gasteiger partial charge in [-0.2, -0.15) is 5.26 Å². The largest absolute Gasteiger partial charge is 0.411 e. The number of hydrogen-bond acceptors (Lipinski definition) is 6. The molecule has 7 heteroatoms. The van der Waals surface area contributed by atoms with Gasteiger partial charge in [-0.1, -0.05) is 17.7 Å². The van der Waals surface area contributed by atoms with Gasteiger partial charge < -0.3 is 4.42 Å². The van der Waals surface area contributed by atoms with Crippen molar-refractivity contribution < 1.29 is 4.42 Å². The molecule has 0 radical (unpaired) electrons. The third kappa shape index (κ3) is 3.36. The SMILES string of the molecule is Cc1cc(Sc2nnc(-c3cccc(Cl)c3)o2)c(C#N)c(C)n1. The Bertz CT molecular complexity index is 917. The van der Waals surface area contributed by atoms with E-state index in [4.69, 9.17) is 16.0 Å². The van der Waals surface area contributed by atoms with Crippen LogP contribution in [-0.4, -0.2) is 15.2 Å². The molecule has 0 unspecified atom stereocenters. The second-order valence-corrected chi connectivity index (χ2v) is 6.25. The first kappa shape index (κ1) is 15.5. The van der Waals surface area contributed by atoms with Crippen molar-refractivity contribution in [1.29, 1.82) is 5.26 Å². The molecule has 0 amide bonds. The van der Waals surface area contributed by atoms with E-state index in [1.165, 1.54) is 11.8 Å². The molecule has 2 heterocycles. The molecule has 23 heavy (non-hydrogen) atoms. The van der Waals surface area contributed by atoms with Gasteiger partial charge in [0.05, 0.1) is 11.3 Å². The summed E-state index contributed by atoms with van der Waals surface area (Å²) in [5.74, 6) is 0.385. The summed E-state index contributed by atoms with van der Waals surface area (Å²) < 4.78 is 5.66. The zero-order valence-electron chi connectivity index (χ0n) is 12.4. The second kappa shape index (κ2) is 6.41. The van der Waals surface area contributed by atoms with Crippen molar-refractivity contribution in [3.05, 3.63) is 52.3 Å². The average molecular weight is 343 g/mol. The molecular formula is C16H11ClN4OS. The molecule has 3 rings (SSSR count). The van der Waals surface area contributed by atoms with Gasteiger partial charge in [0.25, 0.3) is 5.22 Å². The minimum absolute atomic E-state index is 0.362. The predicted octanol–water partition coefficient (Wildman–Crippen LogP) is 4.42. The zero-order chi connectivity index (χ0) is 16.4. The molecule has 0 aliphatic rings. The normalized spacial score (nSPS) is 10.5. The fourth-order valence-corrected chi connectivity index (χ4v) is 3.20. The minimum Gasteiger partial charge on any atom is -0.411 e. The number of halogens is 1. The highest BCUT2D eigenvalue weighted by atomic mass is 35.5. The maximum Gasteiger partial charge on any atom is 0.281 e. The van der Waals surface area contributed by atoms with Gasteiger partial charge in [-0.25, -0.2) is 0 Å². The molecule has 0 fully saturated rings. The van der Waals surface area contributed by atoms with Crippen molar-refractivity contribution in [2.75, 3.05) is 0 Å². The summed E-state index contributed by atoms with van der Waals surface area (Å²) >= 11 is 7.22. The molecule has 0 bridgehead atoms. The van der Waals surface area contributed by atoms with Gasteiger partial charge in [-0.3, -0.25) is 4.98 Å². The zero-order valence-corrected chi connectivity index (χ0v) is 13.9. The van der Waals surface area contributed by atoms with Crippen molar-refractivity contribution in [2.24, 2.45) is 0 Å². The van der Waals surface area contributed by atoms with Crippen LogP contribution < -0.4 is 0 Å². The quantitative estimate of drug-likeness (QED) is 0.701. The maximum absolute atomic E-state index is 9.30. The van der Waals surface area contributed by atoms with E-state index in [-0.39, 0.29) is 0 Å². The summed E-state index contributed by atoms with van der Waals surface area (Å²) in [6.07, 6.45) is 0. The molecule has 5 nitrogen and oxygen atoms in total. The smallest absolute Gasteiger partial charge is 0.281 e. The Morgan fingerprint density at radius 3 is 2.78 bits per heavy atom. The molecule has 0 saturated heterocycles. The average Bonchev–Trinajstić information content (AvgIpc) is 2.95. The summed E-state index contributed by atoms with van der Waals surface area (Å²) in [5.41, 5.74) is 2.78. The Labute approximate surface area is 142 Å². The van der Waals surface area contributed by atoms with Crippen LogP contribution >= 0.6 is 23.4 Å². The van der Waals surface area contributed by atoms with Crippen molar-refractivity contribution in [3.8, 4) is 17.5 Å². The predicted molar refractivity (Wildman–Crippen MR) is 87.3 cm³/mol. The van der Waals surface area contributed by atoms with E-state index in [2.05, 4.69) is 21.3 Å². The standard InChI is InChI=1S/C16H11ClN4OS/c1-9-6-14(13(8-18)10(2)19-9)23-16-21-20-15(22-16)11-4-3-5-12(17)7-11/h3-7H,1-2H3. The molecule has 0 atom stereocenters. The third-order valence-electron chi connectivity index (χ3n) is 3.08. The summed E-state index contributed by atoms with van der Waals surface area (Å²) in [6.45, 7) is 3.68. The number of nitrogens with zero attached hydrogens (tertiary/aromatic N) is 4. The fourth-order valence-electron chi connectivity index (χ4n) is 2.09. The van der Waals surface area contributed by atoms with Crippen LogP contribution in [0.15, 0.2) is 44.9 Å². The third-order valence-corrected chi connectivity index (χ3v) is 4.20. The van der Waals surface area contributed by atoms with Crippen LogP contribution in [0.4, 0.5) is 0 Å². The first-order valence-corrected chi connectivity index (χ1v) is 7.92. The topological polar surface area (TPSA) is 75.6 Å². The van der Waals surface area contributed by atoms with Crippen LogP contribution in [0.5, 0.6) is 0 Å². The van der Waals surface area contributed by atoms with Crippen LogP contribution in [0.25, 0.3) is 11.5 Å². The monoisotopic (exact) mass is 342 g/mol. The first-order chi connectivity index (χ1) is 11.1. The Hall–Kier alpha value is -2.36. The van der Waals surface area contributed by atoms with Crippen molar-refractivity contribution in [1.82, 2.24) is 15.2 Å². The van der Waals surface area contributed by atoms with Crippen LogP contribution in [0, 0.1) is 25.2 Å². The van der Waals surface area contributed by atoms with E-state index < -0.39 is 0 Å². The van der Waals surface area contributed by atoms with E-state index in [1.54, 1.807) is 19.1 Å². The summed E-state index contributed by atoms with van der Waals surface area (Å²) in [4.78, 5) is 5.04. The van der Waals surface area contributed by atoms with Gasteiger partial charge in [-0.05, 0) is 49.9 Å². The molecule has 0 aliphatic carbocycles. The number of aromatic nitrogens is 3. The molecule has 0 spiro atoms. The number of pyridine rings is 1. The molecule has 2 aromatic heterocycles. The van der Waals surface area contributed by atoms with Crippen LogP contribution in [0.2, 0.25) is 5.02 Å². The van der Waals surface area contributed by atoms with Gasteiger partial charge in [0, 0.05) is 21.2 Å². The highest BCUT2D eigenvalue weighted by Crippen LogP contribution is 2.32. The lowest BCUT2D eigenvalue weighted by atomic mass is 10.2. The van der Waals surface area contributed by atoms with Gasteiger partial charge in [0.15, 0.2) is 0 Å². The Kier molecular flexibility index (Phi) is 4.33. The highest BCUT2D eigenvalue weighted by Gasteiger charge is 2.15. The van der Waals surface area contributed by atoms with Crippen LogP contribution in [-0.2, 0) is 0 Å². The summed E-state index contributed by atoms with van der Waals surface area (Å²) in [7, 11) is 0. The highest BCUT2D eigenvalue weighted by molar-refractivity contribution is 7.99. The van der Waals surface area contributed by atoms with Gasteiger partial charge in [0.1, 0.15) is 6.07 Å². The Morgan fingerprint density at radius 2 is 2.04 bits per heavy atom. The van der Waals surface area contributed by atoms with E-state index in [0.29, 0.717) is 27.4 Å². The molecule has 3 aromatic rings. The molecule has 1 aromatic carbocycles. The molecular weight excluding hydrogens is 332 g/mol. The Morgan fingerprint density at radius 1 is 1.22 bits per heavy atom. The van der Waals surface area contributed by atoms with Crippen molar-refractivity contribution >= 4 is 23.4 Å².